The summed E-state index contributed by atoms with van der Waals surface area (Å²) in [6, 6.07) is 1.13. The first-order valence-electron chi connectivity index (χ1n) is 4.62. The fraction of sp³-hybridized carbons (Fsp3) is 0.333. The van der Waals surface area contributed by atoms with Gasteiger partial charge in [0, 0.05) is 18.9 Å². The van der Waals surface area contributed by atoms with Gasteiger partial charge in [0.15, 0.2) is 0 Å². The maximum absolute atomic E-state index is 11.1. The second-order valence-corrected chi connectivity index (χ2v) is 4.09. The molecule has 0 aromatic carbocycles. The number of primary amides is 1. The number of hydrogen-bond donors (Lipinski definition) is 1. The molecule has 0 radical (unpaired) electrons. The van der Waals surface area contributed by atoms with E-state index in [1.807, 2.05) is 0 Å². The van der Waals surface area contributed by atoms with E-state index in [-0.39, 0.29) is 11.3 Å². The molecule has 0 unspecified atom stereocenters. The summed E-state index contributed by atoms with van der Waals surface area (Å²) in [5, 5.41) is 10.9. The lowest BCUT2D eigenvalue weighted by Gasteiger charge is -2.04. The fourth-order valence-electron chi connectivity index (χ4n) is 1.05. The van der Waals surface area contributed by atoms with Crippen molar-refractivity contribution in [2.75, 3.05) is 19.5 Å². The molecule has 1 rings (SSSR count). The Bertz CT molecular complexity index is 438. The predicted octanol–water partition coefficient (Wildman–Crippen LogP) is 0.827. The lowest BCUT2D eigenvalue weighted by molar-refractivity contribution is -0.385. The zero-order valence-electron chi connectivity index (χ0n) is 9.08. The van der Waals surface area contributed by atoms with Gasteiger partial charge in [0.05, 0.1) is 17.1 Å². The zero-order chi connectivity index (χ0) is 12.8. The van der Waals surface area contributed by atoms with Gasteiger partial charge >= 0.3 is 0 Å². The Morgan fingerprint density at radius 1 is 1.71 bits per heavy atom. The molecule has 0 fully saturated rings. The van der Waals surface area contributed by atoms with Crippen LogP contribution in [0.15, 0.2) is 17.3 Å². The number of carbonyl (C=O) groups excluding carboxylic acids is 1. The van der Waals surface area contributed by atoms with Crippen molar-refractivity contribution in [2.45, 2.75) is 5.03 Å². The minimum Gasteiger partial charge on any atom is -0.384 e. The lowest BCUT2D eigenvalue weighted by Crippen LogP contribution is -2.13. The monoisotopic (exact) mass is 257 g/mol. The van der Waals surface area contributed by atoms with E-state index >= 15 is 0 Å². The minimum atomic E-state index is -0.735. The average Bonchev–Trinajstić information content (AvgIpc) is 2.29. The summed E-state index contributed by atoms with van der Waals surface area (Å²) in [5.74, 6) is -0.150. The molecule has 0 aliphatic heterocycles. The van der Waals surface area contributed by atoms with Crippen LogP contribution >= 0.6 is 11.8 Å². The smallest absolute Gasteiger partial charge is 0.288 e. The van der Waals surface area contributed by atoms with Crippen molar-refractivity contribution in [2.24, 2.45) is 5.73 Å². The minimum absolute atomic E-state index is 0.0558. The van der Waals surface area contributed by atoms with E-state index in [4.69, 9.17) is 10.5 Å². The van der Waals surface area contributed by atoms with Crippen molar-refractivity contribution < 1.29 is 14.5 Å². The van der Waals surface area contributed by atoms with Crippen molar-refractivity contribution in [1.29, 1.82) is 0 Å². The van der Waals surface area contributed by atoms with E-state index in [9.17, 15) is 14.9 Å². The number of methoxy groups -OCH3 is 1. The first kappa shape index (κ1) is 13.4. The maximum atomic E-state index is 11.1. The van der Waals surface area contributed by atoms with E-state index in [2.05, 4.69) is 4.98 Å². The number of pyridine rings is 1. The third-order valence-corrected chi connectivity index (χ3v) is 2.81. The van der Waals surface area contributed by atoms with Crippen molar-refractivity contribution in [3.05, 3.63) is 27.9 Å². The molecule has 0 aliphatic carbocycles. The summed E-state index contributed by atoms with van der Waals surface area (Å²) in [4.78, 5) is 24.9. The number of carbonyl (C=O) groups is 1. The number of thioether (sulfide) groups is 1. The van der Waals surface area contributed by atoms with Crippen LogP contribution in [0, 0.1) is 10.1 Å². The van der Waals surface area contributed by atoms with E-state index in [1.54, 1.807) is 7.11 Å². The van der Waals surface area contributed by atoms with Crippen LogP contribution in [0.1, 0.15) is 10.4 Å². The average molecular weight is 257 g/mol. The van der Waals surface area contributed by atoms with Crippen molar-refractivity contribution in [3.8, 4) is 0 Å². The molecule has 0 saturated heterocycles. The van der Waals surface area contributed by atoms with E-state index in [0.717, 1.165) is 12.3 Å². The molecular weight excluding hydrogens is 246 g/mol. The van der Waals surface area contributed by atoms with Crippen LogP contribution in [0.25, 0.3) is 0 Å². The highest BCUT2D eigenvalue weighted by Gasteiger charge is 2.16. The number of ether oxygens (including phenoxy) is 1. The highest BCUT2D eigenvalue weighted by Crippen LogP contribution is 2.23. The Hall–Kier alpha value is -1.67. The topological polar surface area (TPSA) is 108 Å². The van der Waals surface area contributed by atoms with Gasteiger partial charge in [0.1, 0.15) is 11.2 Å². The van der Waals surface area contributed by atoms with E-state index in [0.29, 0.717) is 17.4 Å². The number of nitrogens with zero attached hydrogens (tertiary/aromatic N) is 2. The summed E-state index contributed by atoms with van der Waals surface area (Å²) < 4.78 is 4.85. The van der Waals surface area contributed by atoms with Crippen LogP contribution in [0.3, 0.4) is 0 Å². The first-order valence-corrected chi connectivity index (χ1v) is 5.60. The van der Waals surface area contributed by atoms with Gasteiger partial charge in [-0.05, 0) is 0 Å². The van der Waals surface area contributed by atoms with Gasteiger partial charge in [-0.1, -0.05) is 0 Å². The molecule has 1 heterocycles. The second kappa shape index (κ2) is 6.16. The summed E-state index contributed by atoms with van der Waals surface area (Å²) in [5.41, 5.74) is 4.94. The molecule has 0 spiro atoms. The van der Waals surface area contributed by atoms with Crippen molar-refractivity contribution >= 4 is 23.4 Å². The van der Waals surface area contributed by atoms with Crippen molar-refractivity contribution in [3.63, 3.8) is 0 Å². The van der Waals surface area contributed by atoms with Crippen LogP contribution in [0.2, 0.25) is 0 Å². The molecule has 8 heteroatoms. The van der Waals surface area contributed by atoms with Crippen LogP contribution in [0.5, 0.6) is 0 Å². The normalized spacial score (nSPS) is 10.2. The Balaban J connectivity index is 2.96. The first-order chi connectivity index (χ1) is 8.06. The van der Waals surface area contributed by atoms with Gasteiger partial charge in [-0.25, -0.2) is 4.98 Å². The van der Waals surface area contributed by atoms with Crippen LogP contribution in [0.4, 0.5) is 5.69 Å². The lowest BCUT2D eigenvalue weighted by atomic mass is 10.2. The Morgan fingerprint density at radius 2 is 2.41 bits per heavy atom. The molecule has 0 aliphatic rings. The SMILES string of the molecule is COCCSc1ncc([N+](=O)[O-])cc1C(N)=O. The predicted molar refractivity (Wildman–Crippen MR) is 62.0 cm³/mol. The maximum Gasteiger partial charge on any atom is 0.288 e. The number of hydrogen-bond acceptors (Lipinski definition) is 6. The standard InChI is InChI=1S/C9H11N3O4S/c1-16-2-3-17-9-7(8(10)13)4-6(5-11-9)12(14)15/h4-5H,2-3H2,1H3,(H2,10,13). The number of nitro groups is 1. The second-order valence-electron chi connectivity index (χ2n) is 3.01. The third kappa shape index (κ3) is 3.68. The van der Waals surface area contributed by atoms with Gasteiger partial charge in [0.25, 0.3) is 11.6 Å². The molecule has 0 bridgehead atoms. The van der Waals surface area contributed by atoms with Crippen LogP contribution in [-0.4, -0.2) is 35.3 Å². The van der Waals surface area contributed by atoms with Crippen LogP contribution in [-0.2, 0) is 4.74 Å². The van der Waals surface area contributed by atoms with Gasteiger partial charge in [-0.2, -0.15) is 0 Å². The third-order valence-electron chi connectivity index (χ3n) is 1.84. The molecule has 1 aromatic heterocycles. The Kier molecular flexibility index (Phi) is 4.85. The molecule has 92 valence electrons. The van der Waals surface area contributed by atoms with E-state index in [1.165, 1.54) is 11.8 Å². The molecule has 0 atom stereocenters. The largest absolute Gasteiger partial charge is 0.384 e. The molecule has 2 N–H and O–H groups in total. The quantitative estimate of drug-likeness (QED) is 0.350. The molecular formula is C9H11N3O4S. The highest BCUT2D eigenvalue weighted by atomic mass is 32.2. The molecule has 7 nitrogen and oxygen atoms in total. The summed E-state index contributed by atoms with van der Waals surface area (Å²) in [6.07, 6.45) is 1.10. The summed E-state index contributed by atoms with van der Waals surface area (Å²) in [7, 11) is 1.55. The molecule has 17 heavy (non-hydrogen) atoms. The number of amides is 1. The number of nitrogens with two attached hydrogens (primary N) is 1. The molecule has 1 aromatic rings. The van der Waals surface area contributed by atoms with E-state index < -0.39 is 10.8 Å². The Morgan fingerprint density at radius 3 is 2.94 bits per heavy atom. The summed E-state index contributed by atoms with van der Waals surface area (Å²) >= 11 is 1.26. The highest BCUT2D eigenvalue weighted by molar-refractivity contribution is 7.99. The number of aromatic nitrogens is 1. The van der Waals surface area contributed by atoms with Gasteiger partial charge in [-0.15, -0.1) is 11.8 Å². The Labute approximate surface area is 102 Å². The van der Waals surface area contributed by atoms with Crippen LogP contribution < -0.4 is 5.73 Å². The van der Waals surface area contributed by atoms with Crippen molar-refractivity contribution in [1.82, 2.24) is 4.98 Å². The molecule has 1 amide bonds. The zero-order valence-corrected chi connectivity index (χ0v) is 9.90. The molecule has 0 saturated carbocycles. The fourth-order valence-corrected chi connectivity index (χ4v) is 1.94. The van der Waals surface area contributed by atoms with Gasteiger partial charge in [-0.3, -0.25) is 14.9 Å². The summed E-state index contributed by atoms with van der Waals surface area (Å²) in [6.45, 7) is 0.488. The van der Waals surface area contributed by atoms with Gasteiger partial charge in [0.2, 0.25) is 0 Å². The number of rotatable bonds is 6. The van der Waals surface area contributed by atoms with Gasteiger partial charge < -0.3 is 10.5 Å².